The van der Waals surface area contributed by atoms with Crippen LogP contribution in [-0.4, -0.2) is 45.3 Å². The number of ketones is 1. The minimum atomic E-state index is -0.132. The average Bonchev–Trinajstić information content (AvgIpc) is 3.52. The van der Waals surface area contributed by atoms with E-state index in [0.29, 0.717) is 29.4 Å². The van der Waals surface area contributed by atoms with E-state index in [9.17, 15) is 4.79 Å². The summed E-state index contributed by atoms with van der Waals surface area (Å²) in [5.41, 5.74) is 2.19. The van der Waals surface area contributed by atoms with Crippen molar-refractivity contribution in [2.45, 2.75) is 26.0 Å². The molecule has 0 radical (unpaired) electrons. The normalized spacial score (nSPS) is 17.0. The van der Waals surface area contributed by atoms with Gasteiger partial charge in [0.1, 0.15) is 23.8 Å². The van der Waals surface area contributed by atoms with E-state index in [2.05, 4.69) is 31.1 Å². The zero-order valence-electron chi connectivity index (χ0n) is 17.5. The van der Waals surface area contributed by atoms with Crippen molar-refractivity contribution in [2.75, 3.05) is 19.6 Å². The van der Waals surface area contributed by atoms with Crippen LogP contribution in [0.15, 0.2) is 58.9 Å². The minimum Gasteiger partial charge on any atom is -0.487 e. The molecular formula is C24H23BrN4O3. The van der Waals surface area contributed by atoms with E-state index in [1.807, 2.05) is 35.1 Å². The van der Waals surface area contributed by atoms with Gasteiger partial charge in [-0.15, -0.1) is 5.10 Å². The first-order chi connectivity index (χ1) is 15.6. The second-order valence-corrected chi connectivity index (χ2v) is 8.88. The van der Waals surface area contributed by atoms with Crippen LogP contribution in [0.4, 0.5) is 0 Å². The summed E-state index contributed by atoms with van der Waals surface area (Å²) < 4.78 is 14.5. The number of ether oxygens (including phenoxy) is 2. The molecule has 3 aromatic rings. The summed E-state index contributed by atoms with van der Waals surface area (Å²) in [6, 6.07) is 13.0. The first-order valence-electron chi connectivity index (χ1n) is 10.7. The van der Waals surface area contributed by atoms with Gasteiger partial charge in [0, 0.05) is 17.1 Å². The Labute approximate surface area is 194 Å². The molecule has 0 amide bonds. The molecule has 0 spiro atoms. The highest BCUT2D eigenvalue weighted by molar-refractivity contribution is 9.10. The Bertz CT molecular complexity index is 1170. The molecule has 0 bridgehead atoms. The Hall–Kier alpha value is -2.97. The molecule has 5 rings (SSSR count). The van der Waals surface area contributed by atoms with E-state index in [0.717, 1.165) is 28.8 Å². The third kappa shape index (κ3) is 4.76. The van der Waals surface area contributed by atoms with Crippen molar-refractivity contribution in [2.24, 2.45) is 0 Å². The SMILES string of the molecule is O=C1/C(=C/c2cccc(Br)c2)Oc2cc(OCc3cn(CCN4CCCC4)nn3)ccc21. The summed E-state index contributed by atoms with van der Waals surface area (Å²) >= 11 is 3.44. The van der Waals surface area contributed by atoms with Gasteiger partial charge in [-0.05, 0) is 61.8 Å². The Morgan fingerprint density at radius 3 is 2.84 bits per heavy atom. The lowest BCUT2D eigenvalue weighted by atomic mass is 10.1. The lowest BCUT2D eigenvalue weighted by molar-refractivity contribution is 0.101. The van der Waals surface area contributed by atoms with Crippen LogP contribution < -0.4 is 9.47 Å². The maximum Gasteiger partial charge on any atom is 0.231 e. The third-order valence-electron chi connectivity index (χ3n) is 5.60. The second kappa shape index (κ2) is 9.26. The average molecular weight is 495 g/mol. The van der Waals surface area contributed by atoms with Gasteiger partial charge in [0.05, 0.1) is 18.3 Å². The van der Waals surface area contributed by atoms with Gasteiger partial charge in [0.15, 0.2) is 5.76 Å². The van der Waals surface area contributed by atoms with Crippen LogP contribution in [0.2, 0.25) is 0 Å². The molecule has 0 saturated carbocycles. The number of rotatable bonds is 7. The summed E-state index contributed by atoms with van der Waals surface area (Å²) in [5, 5.41) is 8.39. The van der Waals surface area contributed by atoms with E-state index in [-0.39, 0.29) is 5.78 Å². The first kappa shape index (κ1) is 20.9. The predicted molar refractivity (Wildman–Crippen MR) is 124 cm³/mol. The molecule has 0 atom stereocenters. The highest BCUT2D eigenvalue weighted by Gasteiger charge is 2.27. The molecular weight excluding hydrogens is 472 g/mol. The number of nitrogens with zero attached hydrogens (tertiary/aromatic N) is 4. The summed E-state index contributed by atoms with van der Waals surface area (Å²) in [4.78, 5) is 15.1. The largest absolute Gasteiger partial charge is 0.487 e. The van der Waals surface area contributed by atoms with Crippen LogP contribution in [0.1, 0.15) is 34.5 Å². The number of carbonyl (C=O) groups excluding carboxylic acids is 1. The number of hydrogen-bond acceptors (Lipinski definition) is 6. The standard InChI is InChI=1S/C24H23BrN4O3/c25-18-5-3-4-17(12-18)13-23-24(30)21-7-6-20(14-22(21)32-23)31-16-19-15-29(27-26-19)11-10-28-8-1-2-9-28/h3-7,12-15H,1-2,8-11,16H2/b23-13-. The monoisotopic (exact) mass is 494 g/mol. The topological polar surface area (TPSA) is 69.5 Å². The Morgan fingerprint density at radius 2 is 2.00 bits per heavy atom. The zero-order chi connectivity index (χ0) is 21.9. The number of carbonyl (C=O) groups is 1. The minimum absolute atomic E-state index is 0.132. The molecule has 2 aliphatic rings. The number of aromatic nitrogens is 3. The third-order valence-corrected chi connectivity index (χ3v) is 6.10. The number of halogens is 1. The lowest BCUT2D eigenvalue weighted by Crippen LogP contribution is -2.24. The van der Waals surface area contributed by atoms with Crippen LogP contribution in [0.3, 0.4) is 0 Å². The van der Waals surface area contributed by atoms with Gasteiger partial charge in [-0.25, -0.2) is 0 Å². The number of allylic oxidation sites excluding steroid dienone is 1. The van der Waals surface area contributed by atoms with E-state index < -0.39 is 0 Å². The van der Waals surface area contributed by atoms with E-state index >= 15 is 0 Å². The molecule has 1 fully saturated rings. The van der Waals surface area contributed by atoms with E-state index in [1.54, 1.807) is 24.3 Å². The van der Waals surface area contributed by atoms with E-state index in [4.69, 9.17) is 9.47 Å². The molecule has 8 heteroatoms. The molecule has 164 valence electrons. The number of hydrogen-bond donors (Lipinski definition) is 0. The Kier molecular flexibility index (Phi) is 6.05. The summed E-state index contributed by atoms with van der Waals surface area (Å²) in [5.74, 6) is 1.29. The van der Waals surface area contributed by atoms with Gasteiger partial charge in [-0.2, -0.15) is 0 Å². The van der Waals surface area contributed by atoms with Gasteiger partial charge < -0.3 is 14.4 Å². The summed E-state index contributed by atoms with van der Waals surface area (Å²) in [7, 11) is 0. The lowest BCUT2D eigenvalue weighted by Gasteiger charge is -2.13. The van der Waals surface area contributed by atoms with Crippen molar-refractivity contribution in [1.29, 1.82) is 0 Å². The van der Waals surface area contributed by atoms with Crippen LogP contribution in [-0.2, 0) is 13.2 Å². The second-order valence-electron chi connectivity index (χ2n) is 7.96. The van der Waals surface area contributed by atoms with Gasteiger partial charge in [0.2, 0.25) is 5.78 Å². The maximum absolute atomic E-state index is 12.7. The molecule has 0 aliphatic carbocycles. The van der Waals surface area contributed by atoms with Crippen molar-refractivity contribution < 1.29 is 14.3 Å². The molecule has 7 nitrogen and oxygen atoms in total. The molecule has 2 aliphatic heterocycles. The van der Waals surface area contributed by atoms with Crippen LogP contribution in [0.5, 0.6) is 11.5 Å². The smallest absolute Gasteiger partial charge is 0.231 e. The zero-order valence-corrected chi connectivity index (χ0v) is 19.1. The molecule has 3 heterocycles. The maximum atomic E-state index is 12.7. The van der Waals surface area contributed by atoms with Crippen LogP contribution in [0.25, 0.3) is 6.08 Å². The molecule has 0 unspecified atom stereocenters. The quantitative estimate of drug-likeness (QED) is 0.455. The number of fused-ring (bicyclic) bond motifs is 1. The van der Waals surface area contributed by atoms with E-state index in [1.165, 1.54) is 25.9 Å². The van der Waals surface area contributed by atoms with Crippen LogP contribution in [0, 0.1) is 0 Å². The summed E-state index contributed by atoms with van der Waals surface area (Å²) in [6.07, 6.45) is 6.23. The van der Waals surface area contributed by atoms with Crippen molar-refractivity contribution >= 4 is 27.8 Å². The number of benzene rings is 2. The van der Waals surface area contributed by atoms with Gasteiger partial charge in [-0.1, -0.05) is 33.3 Å². The fraction of sp³-hybridized carbons (Fsp3) is 0.292. The van der Waals surface area contributed by atoms with Crippen molar-refractivity contribution in [1.82, 2.24) is 19.9 Å². The number of likely N-dealkylation sites (tertiary alicyclic amines) is 1. The highest BCUT2D eigenvalue weighted by atomic mass is 79.9. The van der Waals surface area contributed by atoms with Crippen molar-refractivity contribution in [3.63, 3.8) is 0 Å². The highest BCUT2D eigenvalue weighted by Crippen LogP contribution is 2.35. The fourth-order valence-corrected chi connectivity index (χ4v) is 4.34. The number of Topliss-reactive ketones (excluding diaryl/α,β-unsaturated/α-hetero) is 1. The fourth-order valence-electron chi connectivity index (χ4n) is 3.93. The molecule has 2 aromatic carbocycles. The molecule has 0 N–H and O–H groups in total. The van der Waals surface area contributed by atoms with Crippen molar-refractivity contribution in [3.05, 3.63) is 75.7 Å². The van der Waals surface area contributed by atoms with Gasteiger partial charge in [0.25, 0.3) is 0 Å². The summed E-state index contributed by atoms with van der Waals surface area (Å²) in [6.45, 7) is 4.47. The Balaban J connectivity index is 1.20. The first-order valence-corrected chi connectivity index (χ1v) is 11.5. The predicted octanol–water partition coefficient (Wildman–Crippen LogP) is 4.33. The Morgan fingerprint density at radius 1 is 1.12 bits per heavy atom. The van der Waals surface area contributed by atoms with Gasteiger partial charge >= 0.3 is 0 Å². The van der Waals surface area contributed by atoms with Gasteiger partial charge in [-0.3, -0.25) is 9.48 Å². The van der Waals surface area contributed by atoms with Crippen LogP contribution >= 0.6 is 15.9 Å². The molecule has 32 heavy (non-hydrogen) atoms. The van der Waals surface area contributed by atoms with Crippen molar-refractivity contribution in [3.8, 4) is 11.5 Å². The molecule has 1 aromatic heterocycles. The molecule has 1 saturated heterocycles.